The number of benzene rings is 1. The predicted octanol–water partition coefficient (Wildman–Crippen LogP) is 2.86. The summed E-state index contributed by atoms with van der Waals surface area (Å²) < 4.78 is 32.4. The molecule has 1 amide bonds. The molecule has 0 aromatic heterocycles. The van der Waals surface area contributed by atoms with Crippen molar-refractivity contribution in [2.45, 2.75) is 20.3 Å². The molecule has 9 heteroatoms. The van der Waals surface area contributed by atoms with Crippen LogP contribution in [0.5, 0.6) is 0 Å². The Hall–Kier alpha value is -1.65. The van der Waals surface area contributed by atoms with Gasteiger partial charge in [0.15, 0.2) is 5.96 Å². The van der Waals surface area contributed by atoms with E-state index < -0.39 is 11.6 Å². The topological polar surface area (TPSA) is 57.2 Å². The Kier molecular flexibility index (Phi) is 10.3. The van der Waals surface area contributed by atoms with Crippen molar-refractivity contribution in [3.63, 3.8) is 0 Å². The lowest BCUT2D eigenvalue weighted by atomic mass is 10.1. The zero-order valence-corrected chi connectivity index (χ0v) is 18.0. The third kappa shape index (κ3) is 6.78. The van der Waals surface area contributed by atoms with Gasteiger partial charge in [-0.3, -0.25) is 4.99 Å². The lowest BCUT2D eigenvalue weighted by Gasteiger charge is -2.35. The minimum atomic E-state index is -0.548. The Labute approximate surface area is 176 Å². The van der Waals surface area contributed by atoms with Gasteiger partial charge in [0.2, 0.25) is 0 Å². The van der Waals surface area contributed by atoms with Crippen molar-refractivity contribution in [1.29, 1.82) is 0 Å². The number of hydrogen-bond donors (Lipinski definition) is 1. The van der Waals surface area contributed by atoms with Crippen molar-refractivity contribution >= 4 is 36.0 Å². The molecule has 1 aliphatic heterocycles. The molecule has 0 saturated carbocycles. The highest BCUT2D eigenvalue weighted by Gasteiger charge is 2.23. The second-order valence-corrected chi connectivity index (χ2v) is 5.86. The van der Waals surface area contributed by atoms with E-state index in [-0.39, 0.29) is 48.6 Å². The SMILES string of the molecule is CCNC(=NCCc1c(F)cccc1F)N1CCN(C(=O)OCC)CC1.I. The third-order valence-corrected chi connectivity index (χ3v) is 4.13. The number of halogens is 3. The molecule has 1 aromatic carbocycles. The van der Waals surface area contributed by atoms with Gasteiger partial charge in [0.1, 0.15) is 11.6 Å². The maximum absolute atomic E-state index is 13.7. The summed E-state index contributed by atoms with van der Waals surface area (Å²) in [5.74, 6) is -0.408. The third-order valence-electron chi connectivity index (χ3n) is 4.13. The van der Waals surface area contributed by atoms with Crippen LogP contribution in [0, 0.1) is 11.6 Å². The Morgan fingerprint density at radius 2 is 1.74 bits per heavy atom. The summed E-state index contributed by atoms with van der Waals surface area (Å²) >= 11 is 0. The lowest BCUT2D eigenvalue weighted by Crippen LogP contribution is -2.54. The first-order chi connectivity index (χ1) is 12.6. The number of guanidine groups is 1. The largest absolute Gasteiger partial charge is 0.450 e. The number of hydrogen-bond acceptors (Lipinski definition) is 3. The summed E-state index contributed by atoms with van der Waals surface area (Å²) in [7, 11) is 0. The van der Waals surface area contributed by atoms with Crippen LogP contribution in [0.3, 0.4) is 0 Å². The molecule has 1 aromatic rings. The number of carbonyl (C=O) groups is 1. The van der Waals surface area contributed by atoms with E-state index in [1.807, 2.05) is 11.8 Å². The highest BCUT2D eigenvalue weighted by atomic mass is 127. The molecule has 27 heavy (non-hydrogen) atoms. The predicted molar refractivity (Wildman–Crippen MR) is 112 cm³/mol. The van der Waals surface area contributed by atoms with E-state index in [1.165, 1.54) is 18.2 Å². The van der Waals surface area contributed by atoms with Gasteiger partial charge in [0.05, 0.1) is 6.61 Å². The maximum atomic E-state index is 13.7. The molecule has 0 aliphatic carbocycles. The normalized spacial score (nSPS) is 14.6. The zero-order chi connectivity index (χ0) is 18.9. The standard InChI is InChI=1S/C18H26F2N4O2.HI/c1-3-21-17(22-9-8-14-15(19)6-5-7-16(14)20)23-10-12-24(13-11-23)18(25)26-4-2;/h5-7H,3-4,8-13H2,1-2H3,(H,21,22);1H. The van der Waals surface area contributed by atoms with Gasteiger partial charge in [-0.05, 0) is 32.4 Å². The van der Waals surface area contributed by atoms with Crippen LogP contribution in [-0.2, 0) is 11.2 Å². The average molecular weight is 496 g/mol. The molecule has 1 heterocycles. The number of amides is 1. The first-order valence-corrected chi connectivity index (χ1v) is 8.94. The number of carbonyl (C=O) groups excluding carboxylic acids is 1. The fourth-order valence-electron chi connectivity index (χ4n) is 2.79. The molecule has 0 spiro atoms. The number of aliphatic imine (C=N–C) groups is 1. The van der Waals surface area contributed by atoms with Gasteiger partial charge in [-0.2, -0.15) is 0 Å². The maximum Gasteiger partial charge on any atom is 0.409 e. The van der Waals surface area contributed by atoms with Crippen LogP contribution in [0.1, 0.15) is 19.4 Å². The van der Waals surface area contributed by atoms with E-state index in [4.69, 9.17) is 4.74 Å². The average Bonchev–Trinajstić information content (AvgIpc) is 2.63. The monoisotopic (exact) mass is 496 g/mol. The summed E-state index contributed by atoms with van der Waals surface area (Å²) in [5.41, 5.74) is 0.0548. The first kappa shape index (κ1) is 23.4. The summed E-state index contributed by atoms with van der Waals surface area (Å²) in [6.45, 7) is 7.40. The van der Waals surface area contributed by atoms with Crippen molar-refractivity contribution in [2.24, 2.45) is 4.99 Å². The molecule has 0 radical (unpaired) electrons. The Bertz CT molecular complexity index is 618. The lowest BCUT2D eigenvalue weighted by molar-refractivity contribution is 0.0914. The molecular formula is C18H27F2IN4O2. The second kappa shape index (κ2) is 11.9. The minimum absolute atomic E-state index is 0. The number of ether oxygens (including phenoxy) is 1. The van der Waals surface area contributed by atoms with Crippen LogP contribution in [0.15, 0.2) is 23.2 Å². The minimum Gasteiger partial charge on any atom is -0.450 e. The van der Waals surface area contributed by atoms with Crippen LogP contribution in [-0.4, -0.2) is 67.7 Å². The summed E-state index contributed by atoms with van der Waals surface area (Å²) in [4.78, 5) is 19.9. The number of rotatable bonds is 5. The molecule has 1 aliphatic rings. The van der Waals surface area contributed by atoms with E-state index >= 15 is 0 Å². The van der Waals surface area contributed by atoms with Crippen molar-refractivity contribution in [2.75, 3.05) is 45.9 Å². The Morgan fingerprint density at radius 1 is 1.15 bits per heavy atom. The van der Waals surface area contributed by atoms with Crippen molar-refractivity contribution < 1.29 is 18.3 Å². The smallest absolute Gasteiger partial charge is 0.409 e. The van der Waals surface area contributed by atoms with Crippen molar-refractivity contribution in [3.8, 4) is 0 Å². The molecule has 0 bridgehead atoms. The number of nitrogens with one attached hydrogen (secondary N) is 1. The molecule has 1 saturated heterocycles. The van der Waals surface area contributed by atoms with Gasteiger partial charge >= 0.3 is 6.09 Å². The fourth-order valence-corrected chi connectivity index (χ4v) is 2.79. The molecule has 1 fully saturated rings. The molecule has 1 N–H and O–H groups in total. The number of piperazine rings is 1. The summed E-state index contributed by atoms with van der Waals surface area (Å²) in [6.07, 6.45) is -0.111. The zero-order valence-electron chi connectivity index (χ0n) is 15.7. The van der Waals surface area contributed by atoms with Gasteiger partial charge in [0.25, 0.3) is 0 Å². The highest BCUT2D eigenvalue weighted by Crippen LogP contribution is 2.13. The number of nitrogens with zero attached hydrogens (tertiary/aromatic N) is 3. The quantitative estimate of drug-likeness (QED) is 0.387. The molecular weight excluding hydrogens is 469 g/mol. The molecule has 0 unspecified atom stereocenters. The first-order valence-electron chi connectivity index (χ1n) is 8.94. The highest BCUT2D eigenvalue weighted by molar-refractivity contribution is 14.0. The van der Waals surface area contributed by atoms with Crippen LogP contribution in [0.4, 0.5) is 13.6 Å². The molecule has 0 atom stereocenters. The van der Waals surface area contributed by atoms with Crippen LogP contribution in [0.2, 0.25) is 0 Å². The van der Waals surface area contributed by atoms with Crippen LogP contribution in [0.25, 0.3) is 0 Å². The molecule has 152 valence electrons. The van der Waals surface area contributed by atoms with E-state index in [0.717, 1.165) is 0 Å². The van der Waals surface area contributed by atoms with E-state index in [0.29, 0.717) is 45.3 Å². The van der Waals surface area contributed by atoms with Gasteiger partial charge < -0.3 is 19.9 Å². The van der Waals surface area contributed by atoms with E-state index in [1.54, 1.807) is 11.8 Å². The van der Waals surface area contributed by atoms with Gasteiger partial charge in [0, 0.05) is 44.8 Å². The van der Waals surface area contributed by atoms with Gasteiger partial charge in [-0.1, -0.05) is 6.07 Å². The van der Waals surface area contributed by atoms with E-state index in [9.17, 15) is 13.6 Å². The molecule has 2 rings (SSSR count). The van der Waals surface area contributed by atoms with Gasteiger partial charge in [-0.15, -0.1) is 24.0 Å². The summed E-state index contributed by atoms with van der Waals surface area (Å²) in [5, 5.41) is 3.19. The Balaban J connectivity index is 0.00000364. The van der Waals surface area contributed by atoms with Crippen molar-refractivity contribution in [1.82, 2.24) is 15.1 Å². The Morgan fingerprint density at radius 3 is 2.30 bits per heavy atom. The molecule has 6 nitrogen and oxygen atoms in total. The van der Waals surface area contributed by atoms with Crippen LogP contribution >= 0.6 is 24.0 Å². The van der Waals surface area contributed by atoms with Crippen LogP contribution < -0.4 is 5.32 Å². The fraction of sp³-hybridized carbons (Fsp3) is 0.556. The van der Waals surface area contributed by atoms with E-state index in [2.05, 4.69) is 10.3 Å². The summed E-state index contributed by atoms with van der Waals surface area (Å²) in [6, 6.07) is 3.86. The van der Waals surface area contributed by atoms with Crippen molar-refractivity contribution in [3.05, 3.63) is 35.4 Å². The van der Waals surface area contributed by atoms with Gasteiger partial charge in [-0.25, -0.2) is 13.6 Å². The second-order valence-electron chi connectivity index (χ2n) is 5.86.